The normalized spacial score (nSPS) is 18.7. The van der Waals surface area contributed by atoms with Crippen molar-refractivity contribution in [3.05, 3.63) is 29.8 Å². The molecule has 0 spiro atoms. The second-order valence-electron chi connectivity index (χ2n) is 5.44. The minimum atomic E-state index is -0.654. The van der Waals surface area contributed by atoms with E-state index in [1.807, 2.05) is 4.90 Å². The quantitative estimate of drug-likeness (QED) is 0.750. The minimum absolute atomic E-state index is 0.110. The molecular weight excluding hydrogens is 231 g/mol. The van der Waals surface area contributed by atoms with Crippen molar-refractivity contribution in [2.75, 3.05) is 13.1 Å². The molecule has 1 aromatic heterocycles. The van der Waals surface area contributed by atoms with Crippen LogP contribution in [0.2, 0.25) is 0 Å². The highest BCUT2D eigenvalue weighted by molar-refractivity contribution is 5.94. The topological polar surface area (TPSA) is 33.2 Å². The van der Waals surface area contributed by atoms with Crippen molar-refractivity contribution in [2.45, 2.75) is 25.7 Å². The standard InChI is InChI=1S/C14H17FN2O/c15-13-12(2-1-7-16-13)14(18)17(8-10-3-4-10)9-11-5-6-11/h1-2,7,10-11H,3-6,8-9H2. The van der Waals surface area contributed by atoms with Gasteiger partial charge in [-0.05, 0) is 49.7 Å². The summed E-state index contributed by atoms with van der Waals surface area (Å²) in [4.78, 5) is 17.7. The molecule has 0 radical (unpaired) electrons. The van der Waals surface area contributed by atoms with Crippen LogP contribution in [0.3, 0.4) is 0 Å². The Morgan fingerprint density at radius 2 is 1.89 bits per heavy atom. The van der Waals surface area contributed by atoms with Gasteiger partial charge in [0.05, 0.1) is 5.56 Å². The SMILES string of the molecule is O=C(c1cccnc1F)N(CC1CC1)CC1CC1. The molecule has 2 fully saturated rings. The van der Waals surface area contributed by atoms with E-state index in [0.29, 0.717) is 11.8 Å². The Morgan fingerprint density at radius 3 is 2.39 bits per heavy atom. The summed E-state index contributed by atoms with van der Waals surface area (Å²) in [5, 5.41) is 0. The smallest absolute Gasteiger partial charge is 0.258 e. The average Bonchev–Trinajstić information content (AvgIpc) is 3.23. The molecule has 0 saturated heterocycles. The zero-order chi connectivity index (χ0) is 12.5. The highest BCUT2D eigenvalue weighted by atomic mass is 19.1. The third kappa shape index (κ3) is 2.68. The summed E-state index contributed by atoms with van der Waals surface area (Å²) in [6, 6.07) is 3.14. The number of hydrogen-bond donors (Lipinski definition) is 0. The van der Waals surface area contributed by atoms with Gasteiger partial charge in [-0.2, -0.15) is 4.39 Å². The van der Waals surface area contributed by atoms with Gasteiger partial charge in [0.25, 0.3) is 5.91 Å². The maximum Gasteiger partial charge on any atom is 0.258 e. The second-order valence-corrected chi connectivity index (χ2v) is 5.44. The van der Waals surface area contributed by atoms with Crippen LogP contribution < -0.4 is 0 Å². The number of pyridine rings is 1. The van der Waals surface area contributed by atoms with Crippen LogP contribution in [-0.4, -0.2) is 28.9 Å². The fourth-order valence-corrected chi connectivity index (χ4v) is 2.18. The summed E-state index contributed by atoms with van der Waals surface area (Å²) in [7, 11) is 0. The Balaban J connectivity index is 1.75. The van der Waals surface area contributed by atoms with Gasteiger partial charge in [-0.25, -0.2) is 4.98 Å². The third-order valence-electron chi connectivity index (χ3n) is 3.63. The number of aromatic nitrogens is 1. The Kier molecular flexibility index (Phi) is 3.02. The largest absolute Gasteiger partial charge is 0.338 e. The Morgan fingerprint density at radius 1 is 1.28 bits per heavy atom. The van der Waals surface area contributed by atoms with Gasteiger partial charge in [-0.15, -0.1) is 0 Å². The highest BCUT2D eigenvalue weighted by Gasteiger charge is 2.32. The van der Waals surface area contributed by atoms with Crippen molar-refractivity contribution in [3.8, 4) is 0 Å². The fraction of sp³-hybridized carbons (Fsp3) is 0.571. The second kappa shape index (κ2) is 4.67. The molecule has 0 bridgehead atoms. The monoisotopic (exact) mass is 248 g/mol. The molecule has 2 saturated carbocycles. The first-order valence-electron chi connectivity index (χ1n) is 6.64. The molecule has 4 heteroatoms. The molecule has 1 amide bonds. The Bertz CT molecular complexity index is 441. The summed E-state index contributed by atoms with van der Waals surface area (Å²) in [6.07, 6.45) is 6.17. The molecule has 0 N–H and O–H groups in total. The highest BCUT2D eigenvalue weighted by Crippen LogP contribution is 2.34. The molecule has 0 unspecified atom stereocenters. The fourth-order valence-electron chi connectivity index (χ4n) is 2.18. The first-order chi connectivity index (χ1) is 8.74. The lowest BCUT2D eigenvalue weighted by molar-refractivity contribution is 0.0734. The van der Waals surface area contributed by atoms with Crippen molar-refractivity contribution in [1.29, 1.82) is 0 Å². The summed E-state index contributed by atoms with van der Waals surface area (Å²) in [6.45, 7) is 1.56. The van der Waals surface area contributed by atoms with Crippen LogP contribution in [-0.2, 0) is 0 Å². The van der Waals surface area contributed by atoms with E-state index in [4.69, 9.17) is 0 Å². The third-order valence-corrected chi connectivity index (χ3v) is 3.63. The molecule has 0 aliphatic heterocycles. The number of nitrogens with zero attached hydrogens (tertiary/aromatic N) is 2. The van der Waals surface area contributed by atoms with Crippen LogP contribution in [0.4, 0.5) is 4.39 Å². The number of carbonyl (C=O) groups is 1. The summed E-state index contributed by atoms with van der Waals surface area (Å²) < 4.78 is 13.5. The zero-order valence-electron chi connectivity index (χ0n) is 10.3. The van der Waals surface area contributed by atoms with Crippen LogP contribution in [0.5, 0.6) is 0 Å². The molecule has 3 rings (SSSR count). The van der Waals surface area contributed by atoms with Gasteiger partial charge in [0.1, 0.15) is 0 Å². The van der Waals surface area contributed by atoms with Gasteiger partial charge in [-0.3, -0.25) is 4.79 Å². The molecule has 2 aliphatic rings. The molecule has 1 aromatic rings. The van der Waals surface area contributed by atoms with Crippen LogP contribution >= 0.6 is 0 Å². The predicted octanol–water partition coefficient (Wildman–Crippen LogP) is 2.48. The maximum atomic E-state index is 13.5. The maximum absolute atomic E-state index is 13.5. The number of halogens is 1. The summed E-state index contributed by atoms with van der Waals surface area (Å²) >= 11 is 0. The van der Waals surface area contributed by atoms with Crippen molar-refractivity contribution < 1.29 is 9.18 Å². The lowest BCUT2D eigenvalue weighted by Gasteiger charge is -2.22. The molecule has 2 aliphatic carbocycles. The van der Waals surface area contributed by atoms with Crippen LogP contribution in [0.1, 0.15) is 36.0 Å². The van der Waals surface area contributed by atoms with E-state index in [2.05, 4.69) is 4.98 Å². The van der Waals surface area contributed by atoms with Gasteiger partial charge in [0, 0.05) is 19.3 Å². The summed E-state index contributed by atoms with van der Waals surface area (Å²) in [5.74, 6) is 0.415. The van der Waals surface area contributed by atoms with E-state index in [1.165, 1.54) is 37.9 Å². The molecular formula is C14H17FN2O. The van der Waals surface area contributed by atoms with E-state index >= 15 is 0 Å². The molecule has 0 aromatic carbocycles. The van der Waals surface area contributed by atoms with Gasteiger partial charge >= 0.3 is 0 Å². The van der Waals surface area contributed by atoms with Crippen molar-refractivity contribution in [2.24, 2.45) is 11.8 Å². The molecule has 1 heterocycles. The number of rotatable bonds is 5. The molecule has 3 nitrogen and oxygen atoms in total. The minimum Gasteiger partial charge on any atom is -0.338 e. The summed E-state index contributed by atoms with van der Waals surface area (Å²) in [5.41, 5.74) is 0.110. The molecule has 0 atom stereocenters. The van der Waals surface area contributed by atoms with Crippen LogP contribution in [0.25, 0.3) is 0 Å². The van der Waals surface area contributed by atoms with Crippen molar-refractivity contribution in [3.63, 3.8) is 0 Å². The van der Waals surface area contributed by atoms with Gasteiger partial charge in [0.15, 0.2) is 0 Å². The lowest BCUT2D eigenvalue weighted by atomic mass is 10.2. The van der Waals surface area contributed by atoms with Crippen LogP contribution in [0.15, 0.2) is 18.3 Å². The van der Waals surface area contributed by atoms with E-state index in [-0.39, 0.29) is 11.5 Å². The zero-order valence-corrected chi connectivity index (χ0v) is 10.3. The van der Waals surface area contributed by atoms with Crippen molar-refractivity contribution >= 4 is 5.91 Å². The molecule has 96 valence electrons. The molecule has 18 heavy (non-hydrogen) atoms. The van der Waals surface area contributed by atoms with E-state index in [0.717, 1.165) is 13.1 Å². The Hall–Kier alpha value is -1.45. The van der Waals surface area contributed by atoms with E-state index in [1.54, 1.807) is 6.07 Å². The number of amides is 1. The van der Waals surface area contributed by atoms with Crippen molar-refractivity contribution in [1.82, 2.24) is 9.88 Å². The van der Waals surface area contributed by atoms with Gasteiger partial charge in [0.2, 0.25) is 5.95 Å². The first-order valence-corrected chi connectivity index (χ1v) is 6.64. The van der Waals surface area contributed by atoms with E-state index < -0.39 is 5.95 Å². The van der Waals surface area contributed by atoms with Gasteiger partial charge in [-0.1, -0.05) is 0 Å². The Labute approximate surface area is 106 Å². The number of carbonyl (C=O) groups excluding carboxylic acids is 1. The van der Waals surface area contributed by atoms with Gasteiger partial charge < -0.3 is 4.90 Å². The van der Waals surface area contributed by atoms with E-state index in [9.17, 15) is 9.18 Å². The first kappa shape index (κ1) is 11.6. The van der Waals surface area contributed by atoms with Crippen LogP contribution in [0, 0.1) is 17.8 Å². The number of hydrogen-bond acceptors (Lipinski definition) is 2. The lowest BCUT2D eigenvalue weighted by Crippen LogP contribution is -2.35. The predicted molar refractivity (Wildman–Crippen MR) is 65.5 cm³/mol. The average molecular weight is 248 g/mol.